The molecule has 8 nitrogen and oxygen atoms in total. The lowest BCUT2D eigenvalue weighted by Crippen LogP contribution is -2.39. The minimum Gasteiger partial charge on any atom is -0.493 e. The average molecular weight is 613 g/mol. The van der Waals surface area contributed by atoms with Crippen molar-refractivity contribution in [1.82, 2.24) is 4.72 Å². The Kier molecular flexibility index (Phi) is 10.8. The second-order valence-electron chi connectivity index (χ2n) is 13.2. The number of sulfonamides is 1. The molecule has 1 aliphatic carbocycles. The van der Waals surface area contributed by atoms with Gasteiger partial charge in [0.2, 0.25) is 10.0 Å². The van der Waals surface area contributed by atoms with Crippen LogP contribution in [0.25, 0.3) is 0 Å². The van der Waals surface area contributed by atoms with Crippen molar-refractivity contribution in [3.63, 3.8) is 0 Å². The number of hydrogen-bond acceptors (Lipinski definition) is 7. The highest BCUT2D eigenvalue weighted by Gasteiger charge is 2.34. The summed E-state index contributed by atoms with van der Waals surface area (Å²) in [5, 5.41) is 0. The first-order valence-corrected chi connectivity index (χ1v) is 17.3. The van der Waals surface area contributed by atoms with Crippen molar-refractivity contribution in [2.45, 2.75) is 79.1 Å². The molecule has 1 saturated carbocycles. The van der Waals surface area contributed by atoms with Gasteiger partial charge < -0.3 is 14.4 Å². The molecule has 1 N–H and O–H groups in total. The molecular weight excluding hydrogens is 564 g/mol. The molecule has 9 heteroatoms. The Bertz CT molecular complexity index is 1370. The third-order valence-electron chi connectivity index (χ3n) is 8.20. The molecule has 0 spiro atoms. The highest BCUT2D eigenvalue weighted by Crippen LogP contribution is 2.45. The van der Waals surface area contributed by atoms with Gasteiger partial charge in [-0.3, -0.25) is 9.59 Å². The van der Waals surface area contributed by atoms with Gasteiger partial charge in [-0.15, -0.1) is 0 Å². The van der Waals surface area contributed by atoms with E-state index < -0.39 is 21.3 Å². The van der Waals surface area contributed by atoms with E-state index in [0.717, 1.165) is 67.8 Å². The molecule has 1 atom stereocenters. The third-order valence-corrected chi connectivity index (χ3v) is 9.94. The Hall–Kier alpha value is -3.07. The van der Waals surface area contributed by atoms with E-state index in [9.17, 15) is 18.0 Å². The molecule has 1 heterocycles. The lowest BCUT2D eigenvalue weighted by Gasteiger charge is -2.34. The Morgan fingerprint density at radius 1 is 1.02 bits per heavy atom. The molecule has 0 aromatic heterocycles. The van der Waals surface area contributed by atoms with Gasteiger partial charge in [-0.05, 0) is 97.6 Å². The van der Waals surface area contributed by atoms with E-state index in [-0.39, 0.29) is 17.6 Å². The fraction of sp³-hybridized carbons (Fsp3) is 0.588. The van der Waals surface area contributed by atoms with Crippen molar-refractivity contribution in [2.24, 2.45) is 17.3 Å². The summed E-state index contributed by atoms with van der Waals surface area (Å²) in [4.78, 5) is 27.6. The van der Waals surface area contributed by atoms with E-state index >= 15 is 0 Å². The zero-order valence-electron chi connectivity index (χ0n) is 26.4. The van der Waals surface area contributed by atoms with E-state index in [0.29, 0.717) is 37.0 Å². The third kappa shape index (κ3) is 9.71. The maximum absolute atomic E-state index is 13.2. The fourth-order valence-electron chi connectivity index (χ4n) is 5.90. The molecule has 2 fully saturated rings. The van der Waals surface area contributed by atoms with Crippen molar-refractivity contribution < 1.29 is 27.5 Å². The number of carbonyl (C=O) groups is 2. The SMILES string of the molecule is CCOC(=O)CC(c1cccc(OCC2CCN(c3cc(CC)ccc3C(=O)NS(=O)(=O)CC(C)(C)C)CC2)c1)C1CC1. The normalized spacial score (nSPS) is 16.9. The van der Waals surface area contributed by atoms with E-state index in [1.807, 2.05) is 52.0 Å². The zero-order valence-corrected chi connectivity index (χ0v) is 27.2. The predicted molar refractivity (Wildman–Crippen MR) is 170 cm³/mol. The van der Waals surface area contributed by atoms with Gasteiger partial charge in [0.05, 0.1) is 31.0 Å². The highest BCUT2D eigenvalue weighted by molar-refractivity contribution is 7.90. The van der Waals surface area contributed by atoms with E-state index in [2.05, 4.69) is 28.7 Å². The number of nitrogens with one attached hydrogen (secondary N) is 1. The van der Waals surface area contributed by atoms with Gasteiger partial charge in [0.25, 0.3) is 5.91 Å². The summed E-state index contributed by atoms with van der Waals surface area (Å²) in [6, 6.07) is 13.8. The predicted octanol–water partition coefficient (Wildman–Crippen LogP) is 6.10. The Morgan fingerprint density at radius 3 is 2.37 bits per heavy atom. The summed E-state index contributed by atoms with van der Waals surface area (Å²) in [6.07, 6.45) is 5.31. The van der Waals surface area contributed by atoms with Crippen LogP contribution in [-0.2, 0) is 26.0 Å². The highest BCUT2D eigenvalue weighted by atomic mass is 32.2. The molecule has 1 aliphatic heterocycles. The van der Waals surface area contributed by atoms with Crippen LogP contribution in [0.5, 0.6) is 5.75 Å². The van der Waals surface area contributed by atoms with E-state index in [1.54, 1.807) is 6.07 Å². The largest absolute Gasteiger partial charge is 0.493 e. The minimum absolute atomic E-state index is 0.130. The molecule has 0 bridgehead atoms. The van der Waals surface area contributed by atoms with Crippen LogP contribution < -0.4 is 14.4 Å². The van der Waals surface area contributed by atoms with E-state index in [1.165, 1.54) is 0 Å². The Morgan fingerprint density at radius 2 is 1.74 bits per heavy atom. The van der Waals surface area contributed by atoms with Gasteiger partial charge in [0, 0.05) is 18.8 Å². The van der Waals surface area contributed by atoms with Gasteiger partial charge >= 0.3 is 5.97 Å². The molecule has 2 aromatic carbocycles. The summed E-state index contributed by atoms with van der Waals surface area (Å²) in [5.74, 6) is 1.02. The molecular formula is C34H48N2O6S. The van der Waals surface area contributed by atoms with Gasteiger partial charge in [-0.25, -0.2) is 13.1 Å². The molecule has 2 aliphatic rings. The maximum atomic E-state index is 13.2. The van der Waals surface area contributed by atoms with Crippen LogP contribution in [0, 0.1) is 17.3 Å². The fourth-order valence-corrected chi connectivity index (χ4v) is 7.50. The van der Waals surface area contributed by atoms with Crippen molar-refractivity contribution in [3.8, 4) is 5.75 Å². The number of anilines is 1. The summed E-state index contributed by atoms with van der Waals surface area (Å²) >= 11 is 0. The van der Waals surface area contributed by atoms with Crippen LogP contribution in [0.4, 0.5) is 5.69 Å². The number of piperidine rings is 1. The summed E-state index contributed by atoms with van der Waals surface area (Å²) in [6.45, 7) is 11.9. The summed E-state index contributed by atoms with van der Waals surface area (Å²) in [7, 11) is -3.77. The smallest absolute Gasteiger partial charge is 0.306 e. The average Bonchev–Trinajstić information content (AvgIpc) is 3.79. The molecule has 1 amide bonds. The second kappa shape index (κ2) is 14.1. The maximum Gasteiger partial charge on any atom is 0.306 e. The van der Waals surface area contributed by atoms with Crippen LogP contribution in [0.2, 0.25) is 0 Å². The second-order valence-corrected chi connectivity index (χ2v) is 14.9. The number of benzene rings is 2. The molecule has 4 rings (SSSR count). The number of rotatable bonds is 13. The van der Waals surface area contributed by atoms with Gasteiger partial charge in [-0.1, -0.05) is 45.9 Å². The number of nitrogens with zero attached hydrogens (tertiary/aromatic N) is 1. The number of amides is 1. The van der Waals surface area contributed by atoms with Crippen LogP contribution in [0.1, 0.15) is 94.1 Å². The minimum atomic E-state index is -3.77. The van der Waals surface area contributed by atoms with Crippen LogP contribution >= 0.6 is 0 Å². The van der Waals surface area contributed by atoms with E-state index in [4.69, 9.17) is 9.47 Å². The van der Waals surface area contributed by atoms with Gasteiger partial charge in [0.1, 0.15) is 5.75 Å². The molecule has 0 radical (unpaired) electrons. The van der Waals surface area contributed by atoms with Crippen LogP contribution in [0.15, 0.2) is 42.5 Å². The number of aryl methyl sites for hydroxylation is 1. The van der Waals surface area contributed by atoms with Crippen LogP contribution in [0.3, 0.4) is 0 Å². The van der Waals surface area contributed by atoms with Crippen molar-refractivity contribution in [2.75, 3.05) is 37.0 Å². The Balaban J connectivity index is 1.37. The first-order chi connectivity index (χ1) is 20.4. The lowest BCUT2D eigenvalue weighted by molar-refractivity contribution is -0.143. The lowest BCUT2D eigenvalue weighted by atomic mass is 9.91. The van der Waals surface area contributed by atoms with Crippen molar-refractivity contribution >= 4 is 27.6 Å². The first-order valence-electron chi connectivity index (χ1n) is 15.7. The topological polar surface area (TPSA) is 102 Å². The number of carbonyl (C=O) groups excluding carboxylic acids is 2. The number of esters is 1. The number of ether oxygens (including phenoxy) is 2. The van der Waals surface area contributed by atoms with Gasteiger partial charge in [-0.2, -0.15) is 0 Å². The number of hydrogen-bond donors (Lipinski definition) is 1. The van der Waals surface area contributed by atoms with Gasteiger partial charge in [0.15, 0.2) is 0 Å². The van der Waals surface area contributed by atoms with Crippen molar-refractivity contribution in [3.05, 3.63) is 59.2 Å². The molecule has 236 valence electrons. The quantitative estimate of drug-likeness (QED) is 0.273. The standard InChI is InChI=1S/C34H48N2O6S/c1-6-24-11-14-29(33(38)35-43(39,40)23-34(3,4)5)31(19-24)36-17-15-25(16-18-36)22-42-28-10-8-9-27(20-28)30(26-12-13-26)21-32(37)41-7-2/h8-11,14,19-20,25-26,30H,6-7,12-13,15-18,21-23H2,1-5H3,(H,35,38). The summed E-state index contributed by atoms with van der Waals surface area (Å²) in [5.41, 5.74) is 2.93. The Labute approximate surface area is 257 Å². The molecule has 2 aromatic rings. The molecule has 1 unspecified atom stereocenters. The monoisotopic (exact) mass is 612 g/mol. The zero-order chi connectivity index (χ0) is 31.2. The first kappa shape index (κ1) is 32.8. The molecule has 43 heavy (non-hydrogen) atoms. The summed E-state index contributed by atoms with van der Waals surface area (Å²) < 4.78 is 39.1. The van der Waals surface area contributed by atoms with Crippen LogP contribution in [-0.4, -0.2) is 52.4 Å². The van der Waals surface area contributed by atoms with Crippen molar-refractivity contribution in [1.29, 1.82) is 0 Å². The molecule has 1 saturated heterocycles.